The normalized spacial score (nSPS) is 20.3. The minimum absolute atomic E-state index is 0.529. The molecule has 1 atom stereocenters. The fourth-order valence-electron chi connectivity index (χ4n) is 2.49. The molecule has 1 fully saturated rings. The zero-order chi connectivity index (χ0) is 13.8. The van der Waals surface area contributed by atoms with Gasteiger partial charge in [-0.3, -0.25) is 4.90 Å². The highest BCUT2D eigenvalue weighted by molar-refractivity contribution is 9.10. The Morgan fingerprint density at radius 3 is 2.47 bits per heavy atom. The molecule has 0 spiro atoms. The standard InChI is InChI=1S/C14H21BrN2O2/c1-10-8-17(5-4-16-10)9-12-13(18-2)6-11(15)7-14(12)19-3/h6-7,10,16H,4-5,8-9H2,1-3H3/t10-/m1/s1. The van der Waals surface area contributed by atoms with Gasteiger partial charge in [-0.15, -0.1) is 0 Å². The molecular formula is C14H21BrN2O2. The molecule has 106 valence electrons. The van der Waals surface area contributed by atoms with Crippen molar-refractivity contribution >= 4 is 15.9 Å². The molecule has 1 aliphatic heterocycles. The van der Waals surface area contributed by atoms with Crippen LogP contribution in [-0.2, 0) is 6.54 Å². The lowest BCUT2D eigenvalue weighted by Gasteiger charge is -2.32. The highest BCUT2D eigenvalue weighted by atomic mass is 79.9. The fraction of sp³-hybridized carbons (Fsp3) is 0.571. The van der Waals surface area contributed by atoms with Crippen LogP contribution in [0.3, 0.4) is 0 Å². The molecule has 1 saturated heterocycles. The van der Waals surface area contributed by atoms with Crippen molar-refractivity contribution in [1.82, 2.24) is 10.2 Å². The van der Waals surface area contributed by atoms with E-state index in [1.165, 1.54) is 0 Å². The molecule has 0 unspecified atom stereocenters. The molecule has 4 nitrogen and oxygen atoms in total. The van der Waals surface area contributed by atoms with Crippen LogP contribution in [0.2, 0.25) is 0 Å². The van der Waals surface area contributed by atoms with Crippen LogP contribution in [0.1, 0.15) is 12.5 Å². The molecule has 0 saturated carbocycles. The first-order chi connectivity index (χ1) is 9.13. The summed E-state index contributed by atoms with van der Waals surface area (Å²) < 4.78 is 11.9. The van der Waals surface area contributed by atoms with Gasteiger partial charge in [0.1, 0.15) is 11.5 Å². The van der Waals surface area contributed by atoms with E-state index in [4.69, 9.17) is 9.47 Å². The van der Waals surface area contributed by atoms with Crippen molar-refractivity contribution < 1.29 is 9.47 Å². The minimum Gasteiger partial charge on any atom is -0.496 e. The summed E-state index contributed by atoms with van der Waals surface area (Å²) in [6.45, 7) is 6.19. The van der Waals surface area contributed by atoms with E-state index < -0.39 is 0 Å². The van der Waals surface area contributed by atoms with Crippen LogP contribution < -0.4 is 14.8 Å². The van der Waals surface area contributed by atoms with Gasteiger partial charge in [-0.1, -0.05) is 15.9 Å². The SMILES string of the molecule is COc1cc(Br)cc(OC)c1CN1CCN[C@H](C)C1. The Morgan fingerprint density at radius 1 is 1.32 bits per heavy atom. The van der Waals surface area contributed by atoms with E-state index in [1.54, 1.807) is 14.2 Å². The number of nitrogens with one attached hydrogen (secondary N) is 1. The number of nitrogens with zero attached hydrogens (tertiary/aromatic N) is 1. The van der Waals surface area contributed by atoms with Gasteiger partial charge in [0.15, 0.2) is 0 Å². The third kappa shape index (κ3) is 3.61. The van der Waals surface area contributed by atoms with Crippen molar-refractivity contribution in [2.75, 3.05) is 33.9 Å². The molecule has 0 radical (unpaired) electrons. The van der Waals surface area contributed by atoms with Gasteiger partial charge in [-0.2, -0.15) is 0 Å². The lowest BCUT2D eigenvalue weighted by Crippen LogP contribution is -2.48. The number of benzene rings is 1. The van der Waals surface area contributed by atoms with Crippen LogP contribution >= 0.6 is 15.9 Å². The smallest absolute Gasteiger partial charge is 0.128 e. The quantitative estimate of drug-likeness (QED) is 0.919. The maximum Gasteiger partial charge on any atom is 0.128 e. The molecule has 1 aromatic rings. The number of ether oxygens (including phenoxy) is 2. The topological polar surface area (TPSA) is 33.7 Å². The summed E-state index contributed by atoms with van der Waals surface area (Å²) in [6.07, 6.45) is 0. The lowest BCUT2D eigenvalue weighted by atomic mass is 10.1. The minimum atomic E-state index is 0.529. The van der Waals surface area contributed by atoms with Gasteiger partial charge >= 0.3 is 0 Å². The van der Waals surface area contributed by atoms with E-state index in [0.717, 1.165) is 47.7 Å². The predicted molar refractivity (Wildman–Crippen MR) is 80.0 cm³/mol. The van der Waals surface area contributed by atoms with Gasteiger partial charge in [0.25, 0.3) is 0 Å². The summed E-state index contributed by atoms with van der Waals surface area (Å²) in [5.74, 6) is 1.75. The van der Waals surface area contributed by atoms with Crippen LogP contribution in [0.5, 0.6) is 11.5 Å². The second kappa shape index (κ2) is 6.59. The summed E-state index contributed by atoms with van der Waals surface area (Å²) in [5.41, 5.74) is 1.11. The van der Waals surface area contributed by atoms with Crippen LogP contribution in [0.25, 0.3) is 0 Å². The third-order valence-corrected chi connectivity index (χ3v) is 3.87. The number of piperazine rings is 1. The van der Waals surface area contributed by atoms with Crippen molar-refractivity contribution in [1.29, 1.82) is 0 Å². The molecule has 19 heavy (non-hydrogen) atoms. The summed E-state index contributed by atoms with van der Waals surface area (Å²) >= 11 is 3.48. The van der Waals surface area contributed by atoms with Crippen LogP contribution in [0, 0.1) is 0 Å². The molecule has 1 heterocycles. The summed E-state index contributed by atoms with van der Waals surface area (Å²) in [4.78, 5) is 2.43. The number of hydrogen-bond donors (Lipinski definition) is 1. The van der Waals surface area contributed by atoms with Crippen molar-refractivity contribution in [2.24, 2.45) is 0 Å². The van der Waals surface area contributed by atoms with E-state index in [0.29, 0.717) is 6.04 Å². The first-order valence-electron chi connectivity index (χ1n) is 6.50. The Bertz CT molecular complexity index is 414. The van der Waals surface area contributed by atoms with Gasteiger partial charge in [-0.25, -0.2) is 0 Å². The molecule has 0 aliphatic carbocycles. The van der Waals surface area contributed by atoms with Crippen molar-refractivity contribution in [3.05, 3.63) is 22.2 Å². The highest BCUT2D eigenvalue weighted by Crippen LogP contribution is 2.34. The van der Waals surface area contributed by atoms with E-state index in [2.05, 4.69) is 33.1 Å². The monoisotopic (exact) mass is 328 g/mol. The Morgan fingerprint density at radius 2 is 1.95 bits per heavy atom. The fourth-order valence-corrected chi connectivity index (χ4v) is 2.90. The number of rotatable bonds is 4. The average Bonchev–Trinajstić information content (AvgIpc) is 2.40. The molecule has 0 amide bonds. The Hall–Kier alpha value is -0.780. The van der Waals surface area contributed by atoms with Crippen LogP contribution in [0.4, 0.5) is 0 Å². The molecule has 1 N–H and O–H groups in total. The third-order valence-electron chi connectivity index (χ3n) is 3.41. The molecule has 0 bridgehead atoms. The maximum absolute atomic E-state index is 5.48. The largest absolute Gasteiger partial charge is 0.496 e. The first-order valence-corrected chi connectivity index (χ1v) is 7.29. The zero-order valence-electron chi connectivity index (χ0n) is 11.7. The maximum atomic E-state index is 5.48. The number of halogens is 1. The van der Waals surface area contributed by atoms with E-state index in [9.17, 15) is 0 Å². The Kier molecular flexibility index (Phi) is 5.07. The Balaban J connectivity index is 2.22. The molecule has 1 aromatic carbocycles. The number of hydrogen-bond acceptors (Lipinski definition) is 4. The van der Waals surface area contributed by atoms with E-state index >= 15 is 0 Å². The second-order valence-corrected chi connectivity index (χ2v) is 5.79. The van der Waals surface area contributed by atoms with Gasteiger partial charge in [-0.05, 0) is 19.1 Å². The van der Waals surface area contributed by atoms with Gasteiger partial charge in [0.05, 0.1) is 19.8 Å². The van der Waals surface area contributed by atoms with Gasteiger partial charge < -0.3 is 14.8 Å². The lowest BCUT2D eigenvalue weighted by molar-refractivity contribution is 0.195. The van der Waals surface area contributed by atoms with Crippen molar-refractivity contribution in [2.45, 2.75) is 19.5 Å². The summed E-state index contributed by atoms with van der Waals surface area (Å²) in [5, 5.41) is 3.45. The van der Waals surface area contributed by atoms with Crippen molar-refractivity contribution in [3.8, 4) is 11.5 Å². The molecule has 0 aromatic heterocycles. The first kappa shape index (κ1) is 14.6. The second-order valence-electron chi connectivity index (χ2n) is 4.88. The molecule has 1 aliphatic rings. The van der Waals surface area contributed by atoms with Crippen LogP contribution in [0.15, 0.2) is 16.6 Å². The predicted octanol–water partition coefficient (Wildman–Crippen LogP) is 2.26. The Labute approximate surface area is 123 Å². The van der Waals surface area contributed by atoms with Crippen LogP contribution in [-0.4, -0.2) is 44.8 Å². The summed E-state index contributed by atoms with van der Waals surface area (Å²) in [6, 6.07) is 4.51. The summed E-state index contributed by atoms with van der Waals surface area (Å²) in [7, 11) is 3.40. The zero-order valence-corrected chi connectivity index (χ0v) is 13.3. The molecule has 2 rings (SSSR count). The van der Waals surface area contributed by atoms with Gasteiger partial charge in [0.2, 0.25) is 0 Å². The number of methoxy groups -OCH3 is 2. The van der Waals surface area contributed by atoms with E-state index in [1.807, 2.05) is 12.1 Å². The molecule has 5 heteroatoms. The van der Waals surface area contributed by atoms with Crippen molar-refractivity contribution in [3.63, 3.8) is 0 Å². The van der Waals surface area contributed by atoms with Gasteiger partial charge in [0, 0.05) is 36.7 Å². The average molecular weight is 329 g/mol. The van der Waals surface area contributed by atoms with E-state index in [-0.39, 0.29) is 0 Å². The molecular weight excluding hydrogens is 308 g/mol. The highest BCUT2D eigenvalue weighted by Gasteiger charge is 2.20.